The summed E-state index contributed by atoms with van der Waals surface area (Å²) in [4.78, 5) is 0. The van der Waals surface area contributed by atoms with Gasteiger partial charge in [0.1, 0.15) is 5.75 Å². The Labute approximate surface area is 76.0 Å². The van der Waals surface area contributed by atoms with E-state index in [2.05, 4.69) is 5.16 Å². The summed E-state index contributed by atoms with van der Waals surface area (Å²) in [6, 6.07) is 3.51. The highest BCUT2D eigenvalue weighted by molar-refractivity contribution is 5.84. The largest absolute Gasteiger partial charge is 0.508 e. The number of phenols is 1. The van der Waals surface area contributed by atoms with Gasteiger partial charge in [-0.3, -0.25) is 0 Å². The molecule has 2 rings (SSSR count). The molecule has 0 bridgehead atoms. The van der Waals surface area contributed by atoms with Gasteiger partial charge in [0.2, 0.25) is 0 Å². The lowest BCUT2D eigenvalue weighted by atomic mass is 10.1. The number of phenolic OH excluding ortho intramolecular Hbond substituents is 1. The van der Waals surface area contributed by atoms with Gasteiger partial charge in [-0.15, -0.1) is 0 Å². The van der Waals surface area contributed by atoms with Crippen molar-refractivity contribution in [3.8, 4) is 5.75 Å². The summed E-state index contributed by atoms with van der Waals surface area (Å²) >= 11 is 0. The Morgan fingerprint density at radius 2 is 2.23 bits per heavy atom. The molecule has 0 saturated carbocycles. The fourth-order valence-corrected chi connectivity index (χ4v) is 1.43. The van der Waals surface area contributed by atoms with E-state index in [-0.39, 0.29) is 5.75 Å². The van der Waals surface area contributed by atoms with Crippen molar-refractivity contribution in [1.82, 2.24) is 5.16 Å². The number of hydrogen-bond acceptors (Lipinski definition) is 3. The van der Waals surface area contributed by atoms with Crippen molar-refractivity contribution in [2.45, 2.75) is 20.3 Å². The van der Waals surface area contributed by atoms with Crippen LogP contribution in [-0.2, 0) is 6.42 Å². The average molecular weight is 177 g/mol. The third-order valence-electron chi connectivity index (χ3n) is 2.27. The third-order valence-corrected chi connectivity index (χ3v) is 2.27. The molecule has 3 heteroatoms. The van der Waals surface area contributed by atoms with Gasteiger partial charge in [-0.05, 0) is 25.5 Å². The van der Waals surface area contributed by atoms with E-state index in [9.17, 15) is 5.11 Å². The van der Waals surface area contributed by atoms with E-state index in [1.54, 1.807) is 6.07 Å². The molecule has 0 unspecified atom stereocenters. The summed E-state index contributed by atoms with van der Waals surface area (Å²) in [5.74, 6) is 0.256. The Kier molecular flexibility index (Phi) is 1.72. The minimum absolute atomic E-state index is 0.256. The van der Waals surface area contributed by atoms with E-state index >= 15 is 0 Å². The van der Waals surface area contributed by atoms with Gasteiger partial charge in [-0.25, -0.2) is 0 Å². The quantitative estimate of drug-likeness (QED) is 0.727. The number of aromatic nitrogens is 1. The van der Waals surface area contributed by atoms with E-state index in [1.807, 2.05) is 19.9 Å². The van der Waals surface area contributed by atoms with Crippen molar-refractivity contribution < 1.29 is 9.63 Å². The summed E-state index contributed by atoms with van der Waals surface area (Å²) < 4.78 is 5.14. The van der Waals surface area contributed by atoms with Crippen molar-refractivity contribution in [2.75, 3.05) is 0 Å². The number of aryl methyl sites for hydroxylation is 2. The first-order valence-electron chi connectivity index (χ1n) is 4.31. The minimum atomic E-state index is 0.256. The van der Waals surface area contributed by atoms with Crippen molar-refractivity contribution in [1.29, 1.82) is 0 Å². The second-order valence-corrected chi connectivity index (χ2v) is 3.07. The molecule has 0 aliphatic heterocycles. The molecule has 1 heterocycles. The number of aromatic hydroxyl groups is 1. The number of rotatable bonds is 1. The van der Waals surface area contributed by atoms with Gasteiger partial charge in [0.25, 0.3) is 0 Å². The van der Waals surface area contributed by atoms with Crippen LogP contribution in [0.5, 0.6) is 5.75 Å². The topological polar surface area (TPSA) is 46.3 Å². The zero-order valence-corrected chi connectivity index (χ0v) is 7.66. The Morgan fingerprint density at radius 3 is 2.92 bits per heavy atom. The Balaban J connectivity index is 2.81. The van der Waals surface area contributed by atoms with Crippen LogP contribution in [0.2, 0.25) is 0 Å². The van der Waals surface area contributed by atoms with Gasteiger partial charge < -0.3 is 9.63 Å². The summed E-state index contributed by atoms with van der Waals surface area (Å²) in [6.45, 7) is 3.85. The Bertz CT molecular complexity index is 445. The molecule has 0 atom stereocenters. The van der Waals surface area contributed by atoms with Gasteiger partial charge >= 0.3 is 0 Å². The standard InChI is InChI=1S/C10H11NO2/c1-3-8-7-4-5-9(12)6(2)10(7)13-11-8/h4-5,12H,3H2,1-2H3. The van der Waals surface area contributed by atoms with Crippen LogP contribution in [0.4, 0.5) is 0 Å². The van der Waals surface area contributed by atoms with Gasteiger partial charge in [0.15, 0.2) is 5.58 Å². The average Bonchev–Trinajstić information content (AvgIpc) is 2.55. The van der Waals surface area contributed by atoms with E-state index in [4.69, 9.17) is 4.52 Å². The molecule has 1 aromatic heterocycles. The molecule has 0 amide bonds. The summed E-state index contributed by atoms with van der Waals surface area (Å²) in [5, 5.41) is 14.3. The second-order valence-electron chi connectivity index (χ2n) is 3.07. The fourth-order valence-electron chi connectivity index (χ4n) is 1.43. The van der Waals surface area contributed by atoms with Crippen LogP contribution in [0, 0.1) is 6.92 Å². The van der Waals surface area contributed by atoms with Crippen LogP contribution >= 0.6 is 0 Å². The predicted molar refractivity (Wildman–Crippen MR) is 49.8 cm³/mol. The lowest BCUT2D eigenvalue weighted by Gasteiger charge is -1.96. The number of benzene rings is 1. The van der Waals surface area contributed by atoms with E-state index in [0.29, 0.717) is 5.58 Å². The SMILES string of the molecule is CCc1noc2c(C)c(O)ccc12. The van der Waals surface area contributed by atoms with Gasteiger partial charge in [-0.2, -0.15) is 0 Å². The van der Waals surface area contributed by atoms with Crippen LogP contribution in [-0.4, -0.2) is 10.3 Å². The summed E-state index contributed by atoms with van der Waals surface area (Å²) in [7, 11) is 0. The first kappa shape index (κ1) is 8.10. The second kappa shape index (κ2) is 2.76. The molecular weight excluding hydrogens is 166 g/mol. The molecule has 3 nitrogen and oxygen atoms in total. The lowest BCUT2D eigenvalue weighted by molar-refractivity contribution is 0.438. The van der Waals surface area contributed by atoms with Crippen LogP contribution in [0.25, 0.3) is 11.0 Å². The molecular formula is C10H11NO2. The van der Waals surface area contributed by atoms with E-state index in [1.165, 1.54) is 0 Å². The minimum Gasteiger partial charge on any atom is -0.508 e. The fraction of sp³-hybridized carbons (Fsp3) is 0.300. The molecule has 68 valence electrons. The van der Waals surface area contributed by atoms with Crippen molar-refractivity contribution >= 4 is 11.0 Å². The predicted octanol–water partition coefficient (Wildman–Crippen LogP) is 2.40. The maximum absolute atomic E-state index is 9.41. The highest BCUT2D eigenvalue weighted by atomic mass is 16.5. The van der Waals surface area contributed by atoms with Gasteiger partial charge in [0, 0.05) is 10.9 Å². The zero-order valence-electron chi connectivity index (χ0n) is 7.66. The molecule has 1 N–H and O–H groups in total. The molecule has 0 aliphatic carbocycles. The van der Waals surface area contributed by atoms with Gasteiger partial charge in [-0.1, -0.05) is 12.1 Å². The van der Waals surface area contributed by atoms with Crippen molar-refractivity contribution in [3.63, 3.8) is 0 Å². The smallest absolute Gasteiger partial charge is 0.173 e. The first-order chi connectivity index (χ1) is 6.24. The van der Waals surface area contributed by atoms with Crippen LogP contribution in [0.3, 0.4) is 0 Å². The molecule has 0 saturated heterocycles. The monoisotopic (exact) mass is 177 g/mol. The van der Waals surface area contributed by atoms with Gasteiger partial charge in [0.05, 0.1) is 5.69 Å². The molecule has 0 radical (unpaired) electrons. The Morgan fingerprint density at radius 1 is 1.46 bits per heavy atom. The molecule has 0 spiro atoms. The summed E-state index contributed by atoms with van der Waals surface area (Å²) in [5.41, 5.74) is 2.39. The molecule has 0 aliphatic rings. The first-order valence-corrected chi connectivity index (χ1v) is 4.31. The molecule has 2 aromatic rings. The highest BCUT2D eigenvalue weighted by Crippen LogP contribution is 2.28. The zero-order chi connectivity index (χ0) is 9.42. The molecule has 0 fully saturated rings. The highest BCUT2D eigenvalue weighted by Gasteiger charge is 2.10. The van der Waals surface area contributed by atoms with E-state index < -0.39 is 0 Å². The molecule has 1 aromatic carbocycles. The number of hydrogen-bond donors (Lipinski definition) is 1. The van der Waals surface area contributed by atoms with E-state index in [0.717, 1.165) is 23.1 Å². The van der Waals surface area contributed by atoms with Crippen LogP contribution < -0.4 is 0 Å². The summed E-state index contributed by atoms with van der Waals surface area (Å²) in [6.07, 6.45) is 0.844. The Hall–Kier alpha value is -1.51. The van der Waals surface area contributed by atoms with Crippen molar-refractivity contribution in [2.24, 2.45) is 0 Å². The normalized spacial score (nSPS) is 10.9. The van der Waals surface area contributed by atoms with Crippen LogP contribution in [0.15, 0.2) is 16.7 Å². The lowest BCUT2D eigenvalue weighted by Crippen LogP contribution is -1.79. The maximum Gasteiger partial charge on any atom is 0.173 e. The molecule has 13 heavy (non-hydrogen) atoms. The van der Waals surface area contributed by atoms with Crippen molar-refractivity contribution in [3.05, 3.63) is 23.4 Å². The maximum atomic E-state index is 9.41. The third kappa shape index (κ3) is 1.08. The number of nitrogens with zero attached hydrogens (tertiary/aromatic N) is 1. The number of fused-ring (bicyclic) bond motifs is 1. The van der Waals surface area contributed by atoms with Crippen LogP contribution in [0.1, 0.15) is 18.2 Å².